The molecule has 0 saturated heterocycles. The van der Waals surface area contributed by atoms with Crippen molar-refractivity contribution in [1.82, 2.24) is 0 Å². The van der Waals surface area contributed by atoms with Crippen LogP contribution in [0.3, 0.4) is 0 Å². The van der Waals surface area contributed by atoms with Crippen molar-refractivity contribution in [2.24, 2.45) is 0 Å². The number of rotatable bonds is 4. The van der Waals surface area contributed by atoms with Gasteiger partial charge in [-0.05, 0) is 24.1 Å². The largest absolute Gasteiger partial charge is 0.305 e. The highest BCUT2D eigenvalue weighted by Gasteiger charge is 2.03. The van der Waals surface area contributed by atoms with E-state index in [1.165, 1.54) is 6.26 Å². The first-order chi connectivity index (χ1) is 6.67. The molecule has 1 aromatic carbocycles. The highest BCUT2D eigenvalue weighted by Crippen LogP contribution is 2.16. The minimum atomic E-state index is -1.15. The number of hydrogen-bond donors (Lipinski definition) is 1. The molecule has 0 saturated carbocycles. The minimum Gasteiger partial charge on any atom is -0.305 e. The van der Waals surface area contributed by atoms with E-state index in [0.29, 0.717) is 11.3 Å². The number of carbonyl (C=O) groups is 1. The second-order valence-corrected chi connectivity index (χ2v) is 4.06. The van der Waals surface area contributed by atoms with Crippen molar-refractivity contribution in [3.05, 3.63) is 29.3 Å². The van der Waals surface area contributed by atoms with Crippen LogP contribution in [0.2, 0.25) is 0 Å². The van der Waals surface area contributed by atoms with Crippen molar-refractivity contribution in [1.29, 1.82) is 0 Å². The van der Waals surface area contributed by atoms with Crippen molar-refractivity contribution < 1.29 is 9.00 Å². The third-order valence-electron chi connectivity index (χ3n) is 1.91. The molecule has 0 fully saturated rings. The van der Waals surface area contributed by atoms with Gasteiger partial charge in [-0.15, -0.1) is 0 Å². The Morgan fingerprint density at radius 1 is 1.50 bits per heavy atom. The first-order valence-corrected chi connectivity index (χ1v) is 5.91. The summed E-state index contributed by atoms with van der Waals surface area (Å²) in [5, 5.41) is 0. The lowest BCUT2D eigenvalue weighted by Gasteiger charge is -2.07. The zero-order valence-corrected chi connectivity index (χ0v) is 9.06. The van der Waals surface area contributed by atoms with Crippen LogP contribution in [0.4, 0.5) is 5.69 Å². The zero-order chi connectivity index (χ0) is 10.6. The Morgan fingerprint density at radius 3 is 2.71 bits per heavy atom. The van der Waals surface area contributed by atoms with E-state index in [9.17, 15) is 9.00 Å². The Labute approximate surface area is 86.1 Å². The lowest BCUT2D eigenvalue weighted by molar-refractivity contribution is 0.112. The van der Waals surface area contributed by atoms with Crippen LogP contribution in [0.25, 0.3) is 0 Å². The van der Waals surface area contributed by atoms with Gasteiger partial charge >= 0.3 is 0 Å². The van der Waals surface area contributed by atoms with Crippen molar-refractivity contribution in [2.75, 3.05) is 11.0 Å². The molecule has 76 valence electrons. The summed E-state index contributed by atoms with van der Waals surface area (Å²) < 4.78 is 13.7. The summed E-state index contributed by atoms with van der Waals surface area (Å²) in [5.74, 6) is 0. The van der Waals surface area contributed by atoms with Crippen molar-refractivity contribution in [3.8, 4) is 0 Å². The molecule has 4 heteroatoms. The summed E-state index contributed by atoms with van der Waals surface area (Å²) in [6.45, 7) is 2.03. The van der Waals surface area contributed by atoms with Crippen molar-refractivity contribution >= 4 is 23.0 Å². The predicted octanol–water partition coefficient (Wildman–Crippen LogP) is 1.77. The van der Waals surface area contributed by atoms with E-state index in [-0.39, 0.29) is 0 Å². The van der Waals surface area contributed by atoms with Gasteiger partial charge in [0.1, 0.15) is 11.0 Å². The molecule has 0 radical (unpaired) electrons. The second kappa shape index (κ2) is 4.91. The molecule has 1 atom stereocenters. The number of hydrogen-bond acceptors (Lipinski definition) is 2. The number of anilines is 1. The average Bonchev–Trinajstić information content (AvgIpc) is 2.16. The van der Waals surface area contributed by atoms with Gasteiger partial charge in [-0.25, -0.2) is 4.21 Å². The number of nitrogens with one attached hydrogen (secondary N) is 1. The summed E-state index contributed by atoms with van der Waals surface area (Å²) >= 11 is 0. The van der Waals surface area contributed by atoms with Gasteiger partial charge < -0.3 is 4.72 Å². The molecule has 1 rings (SSSR count). The molecular formula is C10H13NO2S. The number of carbonyl (C=O) groups excluding carboxylic acids is 1. The van der Waals surface area contributed by atoms with E-state index in [1.807, 2.05) is 19.1 Å². The molecule has 0 aliphatic rings. The van der Waals surface area contributed by atoms with Gasteiger partial charge in [-0.3, -0.25) is 4.79 Å². The van der Waals surface area contributed by atoms with E-state index >= 15 is 0 Å². The maximum absolute atomic E-state index is 11.0. The van der Waals surface area contributed by atoms with Gasteiger partial charge in [0.25, 0.3) is 0 Å². The lowest BCUT2D eigenvalue weighted by atomic mass is 10.1. The van der Waals surface area contributed by atoms with Crippen LogP contribution in [0, 0.1) is 0 Å². The monoisotopic (exact) mass is 211 g/mol. The first kappa shape index (κ1) is 10.9. The molecular weight excluding hydrogens is 198 g/mol. The Balaban J connectivity index is 3.07. The maximum atomic E-state index is 11.0. The van der Waals surface area contributed by atoms with Crippen LogP contribution < -0.4 is 4.72 Å². The summed E-state index contributed by atoms with van der Waals surface area (Å²) in [6.07, 6.45) is 3.19. The number of aldehydes is 1. The van der Waals surface area contributed by atoms with E-state index in [2.05, 4.69) is 4.72 Å². The maximum Gasteiger partial charge on any atom is 0.152 e. The molecule has 1 N–H and O–H groups in total. The molecule has 0 amide bonds. The number of benzene rings is 1. The van der Waals surface area contributed by atoms with Crippen molar-refractivity contribution in [3.63, 3.8) is 0 Å². The smallest absolute Gasteiger partial charge is 0.152 e. The van der Waals surface area contributed by atoms with Gasteiger partial charge in [-0.1, -0.05) is 13.0 Å². The fraction of sp³-hybridized carbons (Fsp3) is 0.300. The predicted molar refractivity (Wildman–Crippen MR) is 58.9 cm³/mol. The molecule has 0 aliphatic heterocycles. The molecule has 0 spiro atoms. The quantitative estimate of drug-likeness (QED) is 0.771. The van der Waals surface area contributed by atoms with E-state index < -0.39 is 11.0 Å². The molecule has 0 aromatic heterocycles. The topological polar surface area (TPSA) is 46.2 Å². The first-order valence-electron chi connectivity index (χ1n) is 4.35. The summed E-state index contributed by atoms with van der Waals surface area (Å²) in [4.78, 5) is 10.7. The molecule has 14 heavy (non-hydrogen) atoms. The van der Waals surface area contributed by atoms with Gasteiger partial charge in [0.2, 0.25) is 0 Å². The van der Waals surface area contributed by atoms with Crippen LogP contribution in [0.5, 0.6) is 0 Å². The fourth-order valence-corrected chi connectivity index (χ4v) is 1.66. The molecule has 0 aliphatic carbocycles. The van der Waals surface area contributed by atoms with Crippen LogP contribution in [-0.4, -0.2) is 16.8 Å². The molecule has 1 unspecified atom stereocenters. The van der Waals surface area contributed by atoms with Crippen LogP contribution >= 0.6 is 0 Å². The Hall–Kier alpha value is -1.16. The zero-order valence-electron chi connectivity index (χ0n) is 8.24. The van der Waals surface area contributed by atoms with Gasteiger partial charge in [0.15, 0.2) is 6.29 Å². The third kappa shape index (κ3) is 2.67. The van der Waals surface area contributed by atoms with Crippen LogP contribution in [0.15, 0.2) is 18.2 Å². The van der Waals surface area contributed by atoms with Gasteiger partial charge in [0, 0.05) is 11.8 Å². The normalized spacial score (nSPS) is 12.1. The highest BCUT2D eigenvalue weighted by molar-refractivity contribution is 7.85. The molecule has 0 heterocycles. The summed E-state index contributed by atoms with van der Waals surface area (Å²) in [6, 6.07) is 5.49. The molecule has 1 aromatic rings. The molecule has 0 bridgehead atoms. The second-order valence-electron chi connectivity index (χ2n) is 2.95. The third-order valence-corrected chi connectivity index (χ3v) is 2.41. The SMILES string of the molecule is CCc1ccc(C=O)c(NS(C)=O)c1. The van der Waals surface area contributed by atoms with E-state index in [1.54, 1.807) is 6.07 Å². The summed E-state index contributed by atoms with van der Waals surface area (Å²) in [5.41, 5.74) is 2.29. The van der Waals surface area contributed by atoms with Crippen LogP contribution in [0.1, 0.15) is 22.8 Å². The van der Waals surface area contributed by atoms with Gasteiger partial charge in [0.05, 0.1) is 5.69 Å². The van der Waals surface area contributed by atoms with Gasteiger partial charge in [-0.2, -0.15) is 0 Å². The van der Waals surface area contributed by atoms with E-state index in [0.717, 1.165) is 18.3 Å². The van der Waals surface area contributed by atoms with E-state index in [4.69, 9.17) is 0 Å². The van der Waals surface area contributed by atoms with Crippen molar-refractivity contribution in [2.45, 2.75) is 13.3 Å². The molecule has 3 nitrogen and oxygen atoms in total. The Morgan fingerprint density at radius 2 is 2.21 bits per heavy atom. The minimum absolute atomic E-state index is 0.539. The average molecular weight is 211 g/mol. The standard InChI is InChI=1S/C10H13NO2S/c1-3-8-4-5-9(7-12)10(6-8)11-14(2)13/h4-7,11H,3H2,1-2H3. The number of aryl methyl sites for hydroxylation is 1. The lowest BCUT2D eigenvalue weighted by Crippen LogP contribution is -2.04. The van der Waals surface area contributed by atoms with Crippen LogP contribution in [-0.2, 0) is 17.4 Å². The fourth-order valence-electron chi connectivity index (χ4n) is 1.17. The Kier molecular flexibility index (Phi) is 3.83. The summed E-state index contributed by atoms with van der Waals surface area (Å²) in [7, 11) is -1.15. The Bertz CT molecular complexity index is 363. The highest BCUT2D eigenvalue weighted by atomic mass is 32.2.